The van der Waals surface area contributed by atoms with Crippen LogP contribution in [0.15, 0.2) is 12.3 Å². The molecule has 1 aliphatic carbocycles. The summed E-state index contributed by atoms with van der Waals surface area (Å²) in [5, 5.41) is 7.98. The van der Waals surface area contributed by atoms with Crippen LogP contribution in [0.2, 0.25) is 0 Å². The van der Waals surface area contributed by atoms with Gasteiger partial charge in [0.1, 0.15) is 0 Å². The van der Waals surface area contributed by atoms with Gasteiger partial charge in [0, 0.05) is 25.7 Å². The number of aryl methyl sites for hydroxylation is 1. The second-order valence-electron chi connectivity index (χ2n) is 5.43. The quantitative estimate of drug-likeness (QED) is 0.849. The van der Waals surface area contributed by atoms with Crippen molar-refractivity contribution < 1.29 is 0 Å². The summed E-state index contributed by atoms with van der Waals surface area (Å²) in [7, 11) is 4.08. The average molecular weight is 235 g/mol. The van der Waals surface area contributed by atoms with E-state index in [2.05, 4.69) is 30.5 Å². The Morgan fingerprint density at radius 1 is 1.53 bits per heavy atom. The minimum atomic E-state index is 0.599. The molecule has 3 heteroatoms. The van der Waals surface area contributed by atoms with Crippen molar-refractivity contribution in [3.63, 3.8) is 0 Å². The van der Waals surface area contributed by atoms with Crippen LogP contribution in [0.4, 0.5) is 0 Å². The zero-order chi connectivity index (χ0) is 12.3. The van der Waals surface area contributed by atoms with Gasteiger partial charge in [0.05, 0.1) is 5.69 Å². The third-order valence-corrected chi connectivity index (χ3v) is 4.30. The molecule has 3 unspecified atom stereocenters. The maximum absolute atomic E-state index is 4.49. The minimum absolute atomic E-state index is 0.599. The molecule has 3 atom stereocenters. The van der Waals surface area contributed by atoms with Crippen molar-refractivity contribution in [2.75, 3.05) is 7.05 Å². The first-order valence-corrected chi connectivity index (χ1v) is 6.88. The molecule has 1 aromatic heterocycles. The van der Waals surface area contributed by atoms with E-state index in [1.54, 1.807) is 0 Å². The van der Waals surface area contributed by atoms with Gasteiger partial charge < -0.3 is 5.32 Å². The van der Waals surface area contributed by atoms with E-state index in [0.29, 0.717) is 6.04 Å². The molecule has 0 aliphatic heterocycles. The van der Waals surface area contributed by atoms with Crippen LogP contribution in [0.5, 0.6) is 0 Å². The monoisotopic (exact) mass is 235 g/mol. The van der Waals surface area contributed by atoms with Crippen molar-refractivity contribution in [3.05, 3.63) is 18.0 Å². The Labute approximate surface area is 105 Å². The fraction of sp³-hybridized carbons (Fsp3) is 0.786. The summed E-state index contributed by atoms with van der Waals surface area (Å²) in [6.45, 7) is 2.32. The molecule has 1 aliphatic rings. The SMILES string of the molecule is CCC1CCC(C(Cc2ccn(C)n2)NC)C1. The lowest BCUT2D eigenvalue weighted by Crippen LogP contribution is -2.34. The first-order chi connectivity index (χ1) is 8.22. The number of hydrogen-bond acceptors (Lipinski definition) is 2. The van der Waals surface area contributed by atoms with Crippen LogP contribution in [0.3, 0.4) is 0 Å². The molecule has 1 heterocycles. The zero-order valence-electron chi connectivity index (χ0n) is 11.3. The molecule has 1 saturated carbocycles. The van der Waals surface area contributed by atoms with Crippen molar-refractivity contribution in [1.29, 1.82) is 0 Å². The Kier molecular flexibility index (Phi) is 4.21. The first kappa shape index (κ1) is 12.6. The van der Waals surface area contributed by atoms with Crippen LogP contribution < -0.4 is 5.32 Å². The van der Waals surface area contributed by atoms with Gasteiger partial charge in [-0.15, -0.1) is 0 Å². The number of nitrogens with zero attached hydrogens (tertiary/aromatic N) is 2. The number of hydrogen-bond donors (Lipinski definition) is 1. The molecule has 0 spiro atoms. The topological polar surface area (TPSA) is 29.9 Å². The van der Waals surface area contributed by atoms with Crippen molar-refractivity contribution in [2.24, 2.45) is 18.9 Å². The molecule has 1 N–H and O–H groups in total. The van der Waals surface area contributed by atoms with Crippen LogP contribution >= 0.6 is 0 Å². The summed E-state index contributed by atoms with van der Waals surface area (Å²) in [5.74, 6) is 1.80. The number of likely N-dealkylation sites (N-methyl/N-ethyl adjacent to an activating group) is 1. The van der Waals surface area contributed by atoms with E-state index >= 15 is 0 Å². The highest BCUT2D eigenvalue weighted by molar-refractivity contribution is 5.02. The molecular formula is C14H25N3. The van der Waals surface area contributed by atoms with E-state index in [0.717, 1.165) is 18.3 Å². The van der Waals surface area contributed by atoms with Crippen LogP contribution in [-0.2, 0) is 13.5 Å². The second kappa shape index (κ2) is 5.67. The van der Waals surface area contributed by atoms with Gasteiger partial charge in [-0.05, 0) is 37.8 Å². The maximum Gasteiger partial charge on any atom is 0.0640 e. The Morgan fingerprint density at radius 2 is 2.35 bits per heavy atom. The number of rotatable bonds is 5. The standard InChI is InChI=1S/C14H25N3/c1-4-11-5-6-12(9-11)14(15-2)10-13-7-8-17(3)16-13/h7-8,11-12,14-15H,4-6,9-10H2,1-3H3. The van der Waals surface area contributed by atoms with Gasteiger partial charge in [0.15, 0.2) is 0 Å². The van der Waals surface area contributed by atoms with Crippen molar-refractivity contribution in [2.45, 2.75) is 45.1 Å². The summed E-state index contributed by atoms with van der Waals surface area (Å²) < 4.78 is 1.89. The fourth-order valence-electron chi connectivity index (χ4n) is 3.15. The van der Waals surface area contributed by atoms with E-state index in [1.807, 2.05) is 17.9 Å². The number of nitrogens with one attached hydrogen (secondary N) is 1. The highest BCUT2D eigenvalue weighted by Gasteiger charge is 2.29. The molecule has 2 rings (SSSR count). The molecule has 1 fully saturated rings. The van der Waals surface area contributed by atoms with Crippen LogP contribution in [0.25, 0.3) is 0 Å². The summed E-state index contributed by atoms with van der Waals surface area (Å²) in [6, 6.07) is 2.73. The zero-order valence-corrected chi connectivity index (χ0v) is 11.3. The number of aromatic nitrogens is 2. The predicted molar refractivity (Wildman–Crippen MR) is 70.9 cm³/mol. The molecule has 0 saturated heterocycles. The van der Waals surface area contributed by atoms with Gasteiger partial charge >= 0.3 is 0 Å². The third-order valence-electron chi connectivity index (χ3n) is 4.30. The Bertz CT molecular complexity index is 345. The van der Waals surface area contributed by atoms with Crippen molar-refractivity contribution in [1.82, 2.24) is 15.1 Å². The lowest BCUT2D eigenvalue weighted by Gasteiger charge is -2.22. The summed E-state index contributed by atoms with van der Waals surface area (Å²) in [5.41, 5.74) is 1.21. The molecule has 0 amide bonds. The normalized spacial score (nSPS) is 26.3. The molecule has 0 radical (unpaired) electrons. The molecule has 17 heavy (non-hydrogen) atoms. The van der Waals surface area contributed by atoms with Crippen molar-refractivity contribution in [3.8, 4) is 0 Å². The Balaban J connectivity index is 1.93. The lowest BCUT2D eigenvalue weighted by molar-refractivity contribution is 0.359. The van der Waals surface area contributed by atoms with Gasteiger partial charge in [-0.3, -0.25) is 4.68 Å². The largest absolute Gasteiger partial charge is 0.316 e. The summed E-state index contributed by atoms with van der Waals surface area (Å²) >= 11 is 0. The van der Waals surface area contributed by atoms with E-state index in [1.165, 1.54) is 31.4 Å². The Hall–Kier alpha value is -0.830. The molecule has 0 bridgehead atoms. The molecule has 3 nitrogen and oxygen atoms in total. The highest BCUT2D eigenvalue weighted by Crippen LogP contribution is 2.35. The van der Waals surface area contributed by atoms with Crippen molar-refractivity contribution >= 4 is 0 Å². The summed E-state index contributed by atoms with van der Waals surface area (Å²) in [6.07, 6.45) is 8.65. The van der Waals surface area contributed by atoms with E-state index in [4.69, 9.17) is 0 Å². The maximum atomic E-state index is 4.49. The van der Waals surface area contributed by atoms with E-state index < -0.39 is 0 Å². The third kappa shape index (κ3) is 3.09. The minimum Gasteiger partial charge on any atom is -0.316 e. The van der Waals surface area contributed by atoms with E-state index in [-0.39, 0.29) is 0 Å². The molecule has 96 valence electrons. The molecular weight excluding hydrogens is 210 g/mol. The second-order valence-corrected chi connectivity index (χ2v) is 5.43. The first-order valence-electron chi connectivity index (χ1n) is 6.88. The van der Waals surface area contributed by atoms with Gasteiger partial charge in [-0.25, -0.2) is 0 Å². The smallest absolute Gasteiger partial charge is 0.0640 e. The van der Waals surface area contributed by atoms with Crippen LogP contribution in [0, 0.1) is 11.8 Å². The van der Waals surface area contributed by atoms with E-state index in [9.17, 15) is 0 Å². The average Bonchev–Trinajstić information content (AvgIpc) is 2.94. The lowest BCUT2D eigenvalue weighted by atomic mass is 9.92. The van der Waals surface area contributed by atoms with Gasteiger partial charge in [0.25, 0.3) is 0 Å². The Morgan fingerprint density at radius 3 is 2.88 bits per heavy atom. The van der Waals surface area contributed by atoms with Gasteiger partial charge in [-0.2, -0.15) is 5.10 Å². The predicted octanol–water partition coefficient (Wildman–Crippen LogP) is 2.38. The van der Waals surface area contributed by atoms with Gasteiger partial charge in [-0.1, -0.05) is 19.8 Å². The van der Waals surface area contributed by atoms with Crippen LogP contribution in [-0.4, -0.2) is 22.9 Å². The molecule has 1 aromatic rings. The fourth-order valence-corrected chi connectivity index (χ4v) is 3.15. The van der Waals surface area contributed by atoms with Gasteiger partial charge in [0.2, 0.25) is 0 Å². The van der Waals surface area contributed by atoms with Crippen LogP contribution in [0.1, 0.15) is 38.3 Å². The molecule has 0 aromatic carbocycles. The highest BCUT2D eigenvalue weighted by atomic mass is 15.2. The summed E-state index contributed by atoms with van der Waals surface area (Å²) in [4.78, 5) is 0.